The molecule has 1 heterocycles. The normalized spacial score (nSPS) is 12.6. The Morgan fingerprint density at radius 2 is 2.17 bits per heavy atom. The first-order chi connectivity index (χ1) is 8.70. The highest BCUT2D eigenvalue weighted by molar-refractivity contribution is 7.07. The molecule has 0 amide bonds. The van der Waals surface area contributed by atoms with Crippen LogP contribution in [0.4, 0.5) is 4.39 Å². The largest absolute Gasteiger partial charge is 0.316 e. The Labute approximate surface area is 116 Å². The molecule has 2 rings (SSSR count). The van der Waals surface area contributed by atoms with Crippen LogP contribution in [-0.4, -0.2) is 13.1 Å². The second-order valence-corrected chi connectivity index (χ2v) is 5.41. The molecule has 4 heteroatoms. The highest BCUT2D eigenvalue weighted by atomic mass is 35.5. The van der Waals surface area contributed by atoms with Crippen molar-refractivity contribution in [2.24, 2.45) is 0 Å². The van der Waals surface area contributed by atoms with E-state index in [-0.39, 0.29) is 11.9 Å². The van der Waals surface area contributed by atoms with Crippen molar-refractivity contribution in [1.82, 2.24) is 5.32 Å². The quantitative estimate of drug-likeness (QED) is 0.877. The topological polar surface area (TPSA) is 12.0 Å². The molecule has 0 saturated carbocycles. The van der Waals surface area contributed by atoms with Crippen LogP contribution in [0.15, 0.2) is 35.0 Å². The van der Waals surface area contributed by atoms with Crippen molar-refractivity contribution < 1.29 is 4.39 Å². The van der Waals surface area contributed by atoms with Crippen molar-refractivity contribution in [1.29, 1.82) is 0 Å². The molecule has 0 aliphatic rings. The maximum absolute atomic E-state index is 13.7. The van der Waals surface area contributed by atoms with Crippen LogP contribution in [0.1, 0.15) is 11.1 Å². The van der Waals surface area contributed by atoms with Gasteiger partial charge in [0.25, 0.3) is 0 Å². The van der Waals surface area contributed by atoms with Gasteiger partial charge in [-0.1, -0.05) is 17.7 Å². The first kappa shape index (κ1) is 13.5. The summed E-state index contributed by atoms with van der Waals surface area (Å²) in [7, 11) is 1.89. The molecule has 0 bridgehead atoms. The lowest BCUT2D eigenvalue weighted by atomic mass is 10.0. The predicted octanol–water partition coefficient (Wildman–Crippen LogP) is 3.91. The highest BCUT2D eigenvalue weighted by Gasteiger charge is 2.14. The lowest BCUT2D eigenvalue weighted by molar-refractivity contribution is 0.533. The van der Waals surface area contributed by atoms with E-state index >= 15 is 0 Å². The third kappa shape index (κ3) is 3.31. The summed E-state index contributed by atoms with van der Waals surface area (Å²) in [5.74, 6) is -0.229. The summed E-state index contributed by atoms with van der Waals surface area (Å²) in [5.41, 5.74) is 1.86. The van der Waals surface area contributed by atoms with E-state index in [0.717, 1.165) is 6.42 Å². The Kier molecular flexibility index (Phi) is 4.75. The monoisotopic (exact) mass is 283 g/mol. The predicted molar refractivity (Wildman–Crippen MR) is 76.0 cm³/mol. The van der Waals surface area contributed by atoms with Gasteiger partial charge >= 0.3 is 0 Å². The zero-order valence-electron chi connectivity index (χ0n) is 10.1. The Balaban J connectivity index is 2.10. The van der Waals surface area contributed by atoms with Gasteiger partial charge < -0.3 is 5.32 Å². The Morgan fingerprint density at radius 3 is 2.78 bits per heavy atom. The maximum Gasteiger partial charge on any atom is 0.127 e. The minimum absolute atomic E-state index is 0.189. The molecule has 1 aromatic heterocycles. The Morgan fingerprint density at radius 1 is 1.33 bits per heavy atom. The number of thiophene rings is 1. The molecule has 1 atom stereocenters. The minimum Gasteiger partial charge on any atom is -0.316 e. The smallest absolute Gasteiger partial charge is 0.127 e. The Bertz CT molecular complexity index is 478. The number of halogens is 2. The summed E-state index contributed by atoms with van der Waals surface area (Å²) in [6.07, 6.45) is 1.47. The van der Waals surface area contributed by atoms with Crippen molar-refractivity contribution in [2.75, 3.05) is 7.05 Å². The molecule has 1 aromatic carbocycles. The van der Waals surface area contributed by atoms with Gasteiger partial charge in [-0.25, -0.2) is 4.39 Å². The van der Waals surface area contributed by atoms with Gasteiger partial charge in [-0.2, -0.15) is 11.3 Å². The van der Waals surface area contributed by atoms with Gasteiger partial charge in [0.15, 0.2) is 0 Å². The van der Waals surface area contributed by atoms with Crippen molar-refractivity contribution in [3.8, 4) is 0 Å². The van der Waals surface area contributed by atoms with Crippen LogP contribution in [0, 0.1) is 5.82 Å². The van der Waals surface area contributed by atoms with Crippen LogP contribution in [0.3, 0.4) is 0 Å². The van der Waals surface area contributed by atoms with E-state index in [9.17, 15) is 4.39 Å². The van der Waals surface area contributed by atoms with Crippen LogP contribution in [0.25, 0.3) is 0 Å². The van der Waals surface area contributed by atoms with Gasteiger partial charge in [-0.3, -0.25) is 0 Å². The number of benzene rings is 1. The van der Waals surface area contributed by atoms with E-state index in [1.54, 1.807) is 23.5 Å². The van der Waals surface area contributed by atoms with E-state index in [2.05, 4.69) is 22.1 Å². The molecule has 96 valence electrons. The maximum atomic E-state index is 13.7. The summed E-state index contributed by atoms with van der Waals surface area (Å²) < 4.78 is 13.7. The number of hydrogen-bond acceptors (Lipinski definition) is 2. The molecule has 0 radical (unpaired) electrons. The first-order valence-corrected chi connectivity index (χ1v) is 7.14. The molecular weight excluding hydrogens is 269 g/mol. The first-order valence-electron chi connectivity index (χ1n) is 5.82. The zero-order chi connectivity index (χ0) is 13.0. The van der Waals surface area contributed by atoms with E-state index in [1.807, 2.05) is 7.05 Å². The fraction of sp³-hybridized carbons (Fsp3) is 0.286. The van der Waals surface area contributed by atoms with Crippen molar-refractivity contribution in [3.63, 3.8) is 0 Å². The summed E-state index contributed by atoms with van der Waals surface area (Å²) in [4.78, 5) is 0. The average Bonchev–Trinajstić information content (AvgIpc) is 2.85. The van der Waals surface area contributed by atoms with Crippen molar-refractivity contribution in [2.45, 2.75) is 18.9 Å². The van der Waals surface area contributed by atoms with E-state index in [1.165, 1.54) is 11.6 Å². The number of hydrogen-bond donors (Lipinski definition) is 1. The number of nitrogens with one attached hydrogen (secondary N) is 1. The van der Waals surface area contributed by atoms with Gasteiger partial charge in [0.1, 0.15) is 5.82 Å². The lowest BCUT2D eigenvalue weighted by Gasteiger charge is -2.16. The van der Waals surface area contributed by atoms with Crippen LogP contribution < -0.4 is 5.32 Å². The fourth-order valence-corrected chi connectivity index (χ4v) is 2.87. The van der Waals surface area contributed by atoms with Gasteiger partial charge in [0, 0.05) is 16.6 Å². The molecular formula is C14H15ClFNS. The van der Waals surface area contributed by atoms with E-state index < -0.39 is 0 Å². The number of rotatable bonds is 5. The second-order valence-electron chi connectivity index (χ2n) is 4.23. The standard InChI is InChI=1S/C14H15ClFNS/c1-17-11(7-10-5-6-18-9-10)8-12-13(15)3-2-4-14(12)16/h2-6,9,11,17H,7-8H2,1H3. The summed E-state index contributed by atoms with van der Waals surface area (Å²) >= 11 is 7.72. The highest BCUT2D eigenvalue weighted by Crippen LogP contribution is 2.21. The third-order valence-electron chi connectivity index (χ3n) is 2.98. The molecule has 0 fully saturated rings. The molecule has 0 aliphatic carbocycles. The fourth-order valence-electron chi connectivity index (χ4n) is 1.94. The van der Waals surface area contributed by atoms with E-state index in [4.69, 9.17) is 11.6 Å². The molecule has 1 unspecified atom stereocenters. The lowest BCUT2D eigenvalue weighted by Crippen LogP contribution is -2.30. The second kappa shape index (κ2) is 6.32. The van der Waals surface area contributed by atoms with Gasteiger partial charge in [0.2, 0.25) is 0 Å². The van der Waals surface area contributed by atoms with Crippen molar-refractivity contribution >= 4 is 22.9 Å². The number of likely N-dealkylation sites (N-methyl/N-ethyl adjacent to an activating group) is 1. The van der Waals surface area contributed by atoms with Crippen LogP contribution >= 0.6 is 22.9 Å². The van der Waals surface area contributed by atoms with Crippen LogP contribution in [-0.2, 0) is 12.8 Å². The molecule has 0 aliphatic heterocycles. The molecule has 1 nitrogen and oxygen atoms in total. The van der Waals surface area contributed by atoms with Crippen molar-refractivity contribution in [3.05, 3.63) is 57.0 Å². The molecule has 18 heavy (non-hydrogen) atoms. The molecule has 0 spiro atoms. The van der Waals surface area contributed by atoms with Crippen LogP contribution in [0.2, 0.25) is 5.02 Å². The molecule has 2 aromatic rings. The minimum atomic E-state index is -0.229. The summed E-state index contributed by atoms with van der Waals surface area (Å²) in [6, 6.07) is 7.11. The summed E-state index contributed by atoms with van der Waals surface area (Å²) in [5, 5.41) is 7.90. The van der Waals surface area contributed by atoms with E-state index in [0.29, 0.717) is 17.0 Å². The van der Waals surface area contributed by atoms with Gasteiger partial charge in [0.05, 0.1) is 0 Å². The SMILES string of the molecule is CNC(Cc1ccsc1)Cc1c(F)cccc1Cl. The summed E-state index contributed by atoms with van der Waals surface area (Å²) in [6.45, 7) is 0. The Hall–Kier alpha value is -0.900. The van der Waals surface area contributed by atoms with Gasteiger partial charge in [-0.05, 0) is 54.4 Å². The van der Waals surface area contributed by atoms with Gasteiger partial charge in [-0.15, -0.1) is 0 Å². The molecule has 1 N–H and O–H groups in total. The third-order valence-corrected chi connectivity index (χ3v) is 4.07. The van der Waals surface area contributed by atoms with Crippen LogP contribution in [0.5, 0.6) is 0 Å². The molecule has 0 saturated heterocycles. The zero-order valence-corrected chi connectivity index (χ0v) is 11.7. The average molecular weight is 284 g/mol.